The summed E-state index contributed by atoms with van der Waals surface area (Å²) in [7, 11) is 0. The van der Waals surface area contributed by atoms with E-state index in [1.807, 2.05) is 0 Å². The summed E-state index contributed by atoms with van der Waals surface area (Å²) < 4.78 is 0. The van der Waals surface area contributed by atoms with E-state index in [0.29, 0.717) is 19.0 Å². The van der Waals surface area contributed by atoms with E-state index in [2.05, 4.69) is 41.4 Å². The molecule has 4 nitrogen and oxygen atoms in total. The number of nitrogens with one attached hydrogen (secondary N) is 1. The van der Waals surface area contributed by atoms with Crippen LogP contribution in [-0.4, -0.2) is 37.0 Å². The van der Waals surface area contributed by atoms with Crippen molar-refractivity contribution in [1.29, 1.82) is 0 Å². The molecule has 2 fully saturated rings. The number of amides is 1. The molecule has 1 aliphatic heterocycles. The molecule has 0 bridgehead atoms. The Bertz CT molecular complexity index is 536. The largest absolute Gasteiger partial charge is 0.354 e. The molecule has 132 valence electrons. The first kappa shape index (κ1) is 17.4. The lowest BCUT2D eigenvalue weighted by Crippen LogP contribution is -2.40. The number of likely N-dealkylation sites (tertiary alicyclic amines) is 1. The maximum absolute atomic E-state index is 12.6. The highest BCUT2D eigenvalue weighted by molar-refractivity contribution is 5.79. The zero-order valence-electron chi connectivity index (χ0n) is 14.8. The van der Waals surface area contributed by atoms with Gasteiger partial charge >= 0.3 is 0 Å². The number of nitrogens with zero attached hydrogens (tertiary/aromatic N) is 1. The van der Waals surface area contributed by atoms with Gasteiger partial charge in [0.2, 0.25) is 5.91 Å². The van der Waals surface area contributed by atoms with E-state index in [1.165, 1.54) is 24.0 Å². The Hall–Kier alpha value is -1.39. The lowest BCUT2D eigenvalue weighted by Gasteiger charge is -2.29. The van der Waals surface area contributed by atoms with Crippen molar-refractivity contribution in [3.05, 3.63) is 35.4 Å². The maximum Gasteiger partial charge on any atom is 0.223 e. The van der Waals surface area contributed by atoms with Crippen molar-refractivity contribution in [2.45, 2.75) is 45.1 Å². The van der Waals surface area contributed by atoms with Crippen LogP contribution < -0.4 is 11.1 Å². The lowest BCUT2D eigenvalue weighted by atomic mass is 9.95. The first-order valence-electron chi connectivity index (χ1n) is 9.47. The second-order valence-corrected chi connectivity index (χ2v) is 7.45. The molecule has 3 N–H and O–H groups in total. The van der Waals surface area contributed by atoms with Crippen LogP contribution in [0.25, 0.3) is 0 Å². The van der Waals surface area contributed by atoms with Crippen molar-refractivity contribution in [2.75, 3.05) is 26.2 Å². The lowest BCUT2D eigenvalue weighted by molar-refractivity contribution is -0.126. The van der Waals surface area contributed by atoms with Crippen LogP contribution in [0.15, 0.2) is 24.3 Å². The van der Waals surface area contributed by atoms with Crippen LogP contribution in [-0.2, 0) is 4.79 Å². The molecule has 1 amide bonds. The molecule has 1 unspecified atom stereocenters. The van der Waals surface area contributed by atoms with Crippen LogP contribution in [0.5, 0.6) is 0 Å². The van der Waals surface area contributed by atoms with E-state index in [4.69, 9.17) is 5.73 Å². The molecule has 1 saturated carbocycles. The molecule has 24 heavy (non-hydrogen) atoms. The van der Waals surface area contributed by atoms with Gasteiger partial charge in [0.05, 0.1) is 6.04 Å². The standard InChI is InChI=1S/C20H31N3O/c1-15-7-9-16(10-8-15)19(23-11-2-3-12-23)14-22-20(24)18-6-4-5-17(18)13-21/h7-10,17-19H,2-6,11-14,21H2,1H3,(H,22,24)/t17-,18-,19?/m1/s1. The summed E-state index contributed by atoms with van der Waals surface area (Å²) in [4.78, 5) is 15.1. The van der Waals surface area contributed by atoms with Crippen molar-refractivity contribution in [3.8, 4) is 0 Å². The number of nitrogens with two attached hydrogens (primary N) is 1. The van der Waals surface area contributed by atoms with E-state index < -0.39 is 0 Å². The fraction of sp³-hybridized carbons (Fsp3) is 0.650. The predicted octanol–water partition coefficient (Wildman–Crippen LogP) is 2.62. The Kier molecular flexibility index (Phi) is 5.90. The minimum atomic E-state index is 0.118. The Morgan fingerprint density at radius 3 is 2.58 bits per heavy atom. The van der Waals surface area contributed by atoms with Gasteiger partial charge in [0.1, 0.15) is 0 Å². The summed E-state index contributed by atoms with van der Waals surface area (Å²) >= 11 is 0. The number of rotatable bonds is 6. The molecule has 0 radical (unpaired) electrons. The van der Waals surface area contributed by atoms with Crippen molar-refractivity contribution in [1.82, 2.24) is 10.2 Å². The molecular formula is C20H31N3O. The Morgan fingerprint density at radius 1 is 1.21 bits per heavy atom. The molecule has 3 atom stereocenters. The number of hydrogen-bond donors (Lipinski definition) is 2. The summed E-state index contributed by atoms with van der Waals surface area (Å²) in [6, 6.07) is 9.05. The average molecular weight is 329 g/mol. The van der Waals surface area contributed by atoms with E-state index >= 15 is 0 Å². The van der Waals surface area contributed by atoms with Crippen molar-refractivity contribution in [2.24, 2.45) is 17.6 Å². The molecule has 2 aliphatic rings. The molecular weight excluding hydrogens is 298 g/mol. The van der Waals surface area contributed by atoms with Gasteiger partial charge in [0.15, 0.2) is 0 Å². The monoisotopic (exact) mass is 329 g/mol. The third kappa shape index (κ3) is 3.98. The van der Waals surface area contributed by atoms with Gasteiger partial charge < -0.3 is 11.1 Å². The summed E-state index contributed by atoms with van der Waals surface area (Å²) in [6.45, 7) is 5.71. The minimum absolute atomic E-state index is 0.118. The normalized spacial score (nSPS) is 25.8. The van der Waals surface area contributed by atoms with E-state index in [0.717, 1.165) is 32.4 Å². The van der Waals surface area contributed by atoms with Gasteiger partial charge in [-0.2, -0.15) is 0 Å². The van der Waals surface area contributed by atoms with Gasteiger partial charge in [-0.05, 0) is 63.7 Å². The highest BCUT2D eigenvalue weighted by atomic mass is 16.1. The third-order valence-corrected chi connectivity index (χ3v) is 5.81. The minimum Gasteiger partial charge on any atom is -0.354 e. The van der Waals surface area contributed by atoms with E-state index in [-0.39, 0.29) is 17.9 Å². The number of hydrogen-bond acceptors (Lipinski definition) is 3. The Labute approximate surface area is 145 Å². The smallest absolute Gasteiger partial charge is 0.223 e. The van der Waals surface area contributed by atoms with Gasteiger partial charge in [-0.15, -0.1) is 0 Å². The second kappa shape index (κ2) is 8.13. The Morgan fingerprint density at radius 2 is 1.92 bits per heavy atom. The van der Waals surface area contributed by atoms with Gasteiger partial charge in [0.25, 0.3) is 0 Å². The van der Waals surface area contributed by atoms with Crippen molar-refractivity contribution >= 4 is 5.91 Å². The summed E-state index contributed by atoms with van der Waals surface area (Å²) in [5.74, 6) is 0.695. The van der Waals surface area contributed by atoms with Crippen molar-refractivity contribution < 1.29 is 4.79 Å². The molecule has 1 saturated heterocycles. The first-order valence-corrected chi connectivity index (χ1v) is 9.47. The van der Waals surface area contributed by atoms with Crippen molar-refractivity contribution in [3.63, 3.8) is 0 Å². The summed E-state index contributed by atoms with van der Waals surface area (Å²) in [5.41, 5.74) is 8.42. The molecule has 1 heterocycles. The Balaban J connectivity index is 1.65. The molecule has 3 rings (SSSR count). The van der Waals surface area contributed by atoms with Crippen LogP contribution in [0.3, 0.4) is 0 Å². The van der Waals surface area contributed by atoms with Gasteiger partial charge in [-0.1, -0.05) is 36.2 Å². The summed E-state index contributed by atoms with van der Waals surface area (Å²) in [6.07, 6.45) is 5.74. The van der Waals surface area contributed by atoms with Crippen LogP contribution in [0.2, 0.25) is 0 Å². The van der Waals surface area contributed by atoms with E-state index in [9.17, 15) is 4.79 Å². The zero-order chi connectivity index (χ0) is 16.9. The average Bonchev–Trinajstić information content (AvgIpc) is 3.27. The van der Waals surface area contributed by atoms with Crippen LogP contribution in [0.1, 0.15) is 49.3 Å². The van der Waals surface area contributed by atoms with Gasteiger partial charge in [-0.25, -0.2) is 0 Å². The van der Waals surface area contributed by atoms with Crippen LogP contribution >= 0.6 is 0 Å². The summed E-state index contributed by atoms with van der Waals surface area (Å²) in [5, 5.41) is 3.24. The predicted molar refractivity (Wildman–Crippen MR) is 97.6 cm³/mol. The molecule has 4 heteroatoms. The highest BCUT2D eigenvalue weighted by Crippen LogP contribution is 2.31. The molecule has 1 aliphatic carbocycles. The number of aryl methyl sites for hydroxylation is 1. The second-order valence-electron chi connectivity index (χ2n) is 7.45. The SMILES string of the molecule is Cc1ccc(C(CNC(=O)[C@@H]2CCC[C@@H]2CN)N2CCCC2)cc1. The number of carbonyl (C=O) groups is 1. The van der Waals surface area contributed by atoms with Crippen LogP contribution in [0.4, 0.5) is 0 Å². The van der Waals surface area contributed by atoms with Gasteiger partial charge in [-0.3, -0.25) is 9.69 Å². The fourth-order valence-corrected chi connectivity index (χ4v) is 4.29. The topological polar surface area (TPSA) is 58.4 Å². The van der Waals surface area contributed by atoms with E-state index in [1.54, 1.807) is 0 Å². The number of carbonyl (C=O) groups excluding carboxylic acids is 1. The molecule has 1 aromatic carbocycles. The number of benzene rings is 1. The molecule has 0 spiro atoms. The zero-order valence-corrected chi connectivity index (χ0v) is 14.8. The maximum atomic E-state index is 12.6. The highest BCUT2D eigenvalue weighted by Gasteiger charge is 2.32. The third-order valence-electron chi connectivity index (χ3n) is 5.81. The van der Waals surface area contributed by atoms with Crippen LogP contribution in [0, 0.1) is 18.8 Å². The molecule has 1 aromatic rings. The molecule has 0 aromatic heterocycles. The van der Waals surface area contributed by atoms with Gasteiger partial charge in [0, 0.05) is 12.5 Å². The first-order chi connectivity index (χ1) is 11.7. The fourth-order valence-electron chi connectivity index (χ4n) is 4.29. The quantitative estimate of drug-likeness (QED) is 0.843.